The number of aromatic nitrogens is 3. The largest absolute Gasteiger partial charge is 0.508 e. The van der Waals surface area contributed by atoms with Crippen LogP contribution in [0.3, 0.4) is 0 Å². The van der Waals surface area contributed by atoms with Gasteiger partial charge in [-0.3, -0.25) is 5.32 Å². The van der Waals surface area contributed by atoms with E-state index in [1.165, 1.54) is 32.1 Å². The first-order valence-corrected chi connectivity index (χ1v) is 11.4. The van der Waals surface area contributed by atoms with Crippen LogP contribution in [0, 0.1) is 11.8 Å². The van der Waals surface area contributed by atoms with Gasteiger partial charge in [0.05, 0.1) is 25.0 Å². The van der Waals surface area contributed by atoms with Crippen LogP contribution in [0.4, 0.5) is 0 Å². The number of benzene rings is 1. The molecule has 1 aromatic carbocycles. The molecule has 1 unspecified atom stereocenters. The van der Waals surface area contributed by atoms with Gasteiger partial charge in [-0.25, -0.2) is 4.68 Å². The molecule has 0 spiro atoms. The van der Waals surface area contributed by atoms with Crippen molar-refractivity contribution in [2.45, 2.75) is 69.9 Å². The van der Waals surface area contributed by atoms with Crippen molar-refractivity contribution in [2.75, 3.05) is 13.2 Å². The first-order chi connectivity index (χ1) is 15.0. The molecule has 2 fully saturated rings. The highest BCUT2D eigenvalue weighted by Crippen LogP contribution is 2.31. The Morgan fingerprint density at radius 1 is 1.19 bits per heavy atom. The van der Waals surface area contributed by atoms with Gasteiger partial charge in [-0.05, 0) is 30.0 Å². The van der Waals surface area contributed by atoms with E-state index in [0.717, 1.165) is 12.1 Å². The number of rotatable bonds is 8. The number of aliphatic hydroxyl groups excluding tert-OH is 2. The Morgan fingerprint density at radius 2 is 1.94 bits per heavy atom. The fraction of sp³-hybridized carbons (Fsp3) is 0.652. The van der Waals surface area contributed by atoms with E-state index in [0.29, 0.717) is 18.1 Å². The quantitative estimate of drug-likeness (QED) is 0.476. The number of nitrogens with one attached hydrogen (secondary N) is 1. The lowest BCUT2D eigenvalue weighted by molar-refractivity contribution is 0.0206. The highest BCUT2D eigenvalue weighted by molar-refractivity contribution is 5.27. The molecule has 8 heteroatoms. The molecule has 170 valence electrons. The summed E-state index contributed by atoms with van der Waals surface area (Å²) in [5, 5.41) is 41.9. The van der Waals surface area contributed by atoms with E-state index in [2.05, 4.69) is 22.6 Å². The molecule has 1 saturated heterocycles. The third-order valence-electron chi connectivity index (χ3n) is 6.89. The van der Waals surface area contributed by atoms with Gasteiger partial charge in [0.1, 0.15) is 18.0 Å². The van der Waals surface area contributed by atoms with Crippen LogP contribution in [0.2, 0.25) is 0 Å². The van der Waals surface area contributed by atoms with Crippen molar-refractivity contribution in [1.82, 2.24) is 20.3 Å². The van der Waals surface area contributed by atoms with Gasteiger partial charge in [0, 0.05) is 18.2 Å². The van der Waals surface area contributed by atoms with Crippen LogP contribution in [0.25, 0.3) is 0 Å². The number of phenolic OH excluding ortho intramolecular Hbond substituents is 1. The number of hydrogen-bond donors (Lipinski definition) is 4. The lowest BCUT2D eigenvalue weighted by Crippen LogP contribution is -2.40. The first-order valence-electron chi connectivity index (χ1n) is 11.4. The molecule has 1 aliphatic heterocycles. The van der Waals surface area contributed by atoms with Crippen LogP contribution in [-0.4, -0.2) is 55.7 Å². The van der Waals surface area contributed by atoms with Crippen LogP contribution in [-0.2, 0) is 11.2 Å². The molecule has 31 heavy (non-hydrogen) atoms. The Bertz CT molecular complexity index is 821. The zero-order chi connectivity index (χ0) is 21.8. The van der Waals surface area contributed by atoms with Crippen molar-refractivity contribution in [3.05, 3.63) is 41.7 Å². The molecule has 4 rings (SSSR count). The summed E-state index contributed by atoms with van der Waals surface area (Å²) in [6, 6.07) is 6.08. The maximum absolute atomic E-state index is 10.5. The Balaban J connectivity index is 1.37. The van der Waals surface area contributed by atoms with Gasteiger partial charge in [-0.15, -0.1) is 5.10 Å². The van der Waals surface area contributed by atoms with E-state index >= 15 is 0 Å². The molecule has 1 saturated carbocycles. The topological polar surface area (TPSA) is 113 Å². The van der Waals surface area contributed by atoms with Crippen LogP contribution in [0.5, 0.6) is 5.75 Å². The van der Waals surface area contributed by atoms with E-state index in [9.17, 15) is 15.3 Å². The molecule has 0 bridgehead atoms. The average Bonchev–Trinajstić information content (AvgIpc) is 3.38. The van der Waals surface area contributed by atoms with Gasteiger partial charge in [0.25, 0.3) is 0 Å². The molecule has 4 N–H and O–H groups in total. The maximum Gasteiger partial charge on any atom is 0.131 e. The highest BCUT2D eigenvalue weighted by atomic mass is 16.5. The molecule has 0 radical (unpaired) electrons. The fourth-order valence-electron chi connectivity index (χ4n) is 4.96. The summed E-state index contributed by atoms with van der Waals surface area (Å²) >= 11 is 0. The van der Waals surface area contributed by atoms with Gasteiger partial charge >= 0.3 is 0 Å². The van der Waals surface area contributed by atoms with Gasteiger partial charge in [0.2, 0.25) is 0 Å². The second-order valence-corrected chi connectivity index (χ2v) is 9.07. The van der Waals surface area contributed by atoms with Crippen molar-refractivity contribution in [3.63, 3.8) is 0 Å². The molecule has 2 aliphatic rings. The Kier molecular flexibility index (Phi) is 7.22. The van der Waals surface area contributed by atoms with Crippen LogP contribution in [0.15, 0.2) is 30.5 Å². The third-order valence-corrected chi connectivity index (χ3v) is 6.89. The molecule has 8 nitrogen and oxygen atoms in total. The first kappa shape index (κ1) is 22.2. The predicted octanol–water partition coefficient (Wildman–Crippen LogP) is 2.32. The monoisotopic (exact) mass is 430 g/mol. The number of nitrogens with zero attached hydrogens (tertiary/aromatic N) is 3. The standard InChI is InChI=1S/C23H34N4O4/c1-15-20(24-23(30)17-7-9-19(29)10-8-17)14-31-22(15)21(13-28)27-12-18(25-26-27)11-16-5-3-2-4-6-16/h7-10,12,15-16,20-24,28-30H,2-6,11,13-14H2,1H3/t15-,20+,21+,22+,23?/m1/s1. The lowest BCUT2D eigenvalue weighted by Gasteiger charge is -2.27. The summed E-state index contributed by atoms with van der Waals surface area (Å²) in [5.74, 6) is 0.896. The van der Waals surface area contributed by atoms with Gasteiger partial charge in [-0.1, -0.05) is 56.4 Å². The summed E-state index contributed by atoms with van der Waals surface area (Å²) < 4.78 is 7.79. The SMILES string of the molecule is C[C@H]1[C@@H]([C@H](CO)n2cc(CC3CCCCC3)nn2)OC[C@@H]1NC(O)c1ccc(O)cc1. The summed E-state index contributed by atoms with van der Waals surface area (Å²) in [5.41, 5.74) is 1.66. The van der Waals surface area contributed by atoms with Crippen LogP contribution in [0.1, 0.15) is 62.6 Å². The normalized spacial score (nSPS) is 26.7. The molecule has 2 heterocycles. The van der Waals surface area contributed by atoms with E-state index in [1.54, 1.807) is 28.9 Å². The van der Waals surface area contributed by atoms with Crippen LogP contribution < -0.4 is 5.32 Å². The molecular weight excluding hydrogens is 396 g/mol. The molecule has 1 aromatic heterocycles. The summed E-state index contributed by atoms with van der Waals surface area (Å²) in [7, 11) is 0. The highest BCUT2D eigenvalue weighted by Gasteiger charge is 2.40. The van der Waals surface area contributed by atoms with Crippen molar-refractivity contribution in [3.8, 4) is 5.75 Å². The second kappa shape index (κ2) is 10.1. The van der Waals surface area contributed by atoms with Crippen molar-refractivity contribution >= 4 is 0 Å². The zero-order valence-electron chi connectivity index (χ0n) is 18.1. The molecule has 5 atom stereocenters. The van der Waals surface area contributed by atoms with Gasteiger partial charge in [0.15, 0.2) is 0 Å². The Morgan fingerprint density at radius 3 is 2.65 bits per heavy atom. The van der Waals surface area contributed by atoms with Crippen molar-refractivity contribution < 1.29 is 20.1 Å². The number of ether oxygens (including phenoxy) is 1. The van der Waals surface area contributed by atoms with Gasteiger partial charge in [-0.2, -0.15) is 0 Å². The molecule has 2 aromatic rings. The van der Waals surface area contributed by atoms with E-state index < -0.39 is 6.23 Å². The summed E-state index contributed by atoms with van der Waals surface area (Å²) in [4.78, 5) is 0. The third kappa shape index (κ3) is 5.26. The van der Waals surface area contributed by atoms with E-state index in [4.69, 9.17) is 4.74 Å². The molecular formula is C23H34N4O4. The van der Waals surface area contributed by atoms with Gasteiger partial charge < -0.3 is 20.1 Å². The lowest BCUT2D eigenvalue weighted by atomic mass is 9.86. The van der Waals surface area contributed by atoms with Crippen molar-refractivity contribution in [2.24, 2.45) is 11.8 Å². The second-order valence-electron chi connectivity index (χ2n) is 9.07. The Labute approximate surface area is 183 Å². The minimum atomic E-state index is -0.864. The van der Waals surface area contributed by atoms with Crippen molar-refractivity contribution in [1.29, 1.82) is 0 Å². The smallest absolute Gasteiger partial charge is 0.131 e. The average molecular weight is 431 g/mol. The van der Waals surface area contributed by atoms with E-state index in [1.807, 2.05) is 6.20 Å². The minimum Gasteiger partial charge on any atom is -0.508 e. The predicted molar refractivity (Wildman–Crippen MR) is 115 cm³/mol. The fourth-order valence-corrected chi connectivity index (χ4v) is 4.96. The number of aromatic hydroxyl groups is 1. The zero-order valence-corrected chi connectivity index (χ0v) is 18.1. The van der Waals surface area contributed by atoms with E-state index in [-0.39, 0.29) is 36.5 Å². The minimum absolute atomic E-state index is 0.0508. The number of hydrogen-bond acceptors (Lipinski definition) is 7. The molecule has 1 aliphatic carbocycles. The number of aliphatic hydroxyl groups is 2. The van der Waals surface area contributed by atoms with Crippen LogP contribution >= 0.6 is 0 Å². The maximum atomic E-state index is 10.5. The summed E-state index contributed by atoms with van der Waals surface area (Å²) in [6.45, 7) is 2.40. The number of phenols is 1. The Hall–Kier alpha value is -2.00. The molecule has 0 amide bonds. The summed E-state index contributed by atoms with van der Waals surface area (Å²) in [6.07, 6.45) is 8.26.